The lowest BCUT2D eigenvalue weighted by molar-refractivity contribution is -0.128. The molecule has 0 saturated carbocycles. The van der Waals surface area contributed by atoms with Crippen molar-refractivity contribution in [2.24, 2.45) is 10.4 Å². The van der Waals surface area contributed by atoms with Crippen molar-refractivity contribution in [3.05, 3.63) is 0 Å². The minimum atomic E-state index is -0.449. The SMILES string of the molecule is CCCCCNC(=NC)NCC(C)(C)C(=O)NC. The third-order valence-corrected chi connectivity index (χ3v) is 2.84. The number of rotatable bonds is 7. The summed E-state index contributed by atoms with van der Waals surface area (Å²) in [6.07, 6.45) is 3.56. The number of hydrogen-bond acceptors (Lipinski definition) is 2. The molecule has 5 nitrogen and oxygen atoms in total. The molecule has 5 heteroatoms. The predicted molar refractivity (Wildman–Crippen MR) is 76.7 cm³/mol. The standard InChI is InChI=1S/C13H28N4O/c1-6-7-8-9-16-12(15-5)17-10-13(2,3)11(18)14-4/h6-10H2,1-5H3,(H,14,18)(H2,15,16,17). The van der Waals surface area contributed by atoms with Crippen molar-refractivity contribution in [1.82, 2.24) is 16.0 Å². The highest BCUT2D eigenvalue weighted by Crippen LogP contribution is 2.12. The quantitative estimate of drug-likeness (QED) is 0.363. The Morgan fingerprint density at radius 2 is 1.89 bits per heavy atom. The molecule has 0 unspecified atom stereocenters. The van der Waals surface area contributed by atoms with Gasteiger partial charge in [0.05, 0.1) is 5.41 Å². The minimum Gasteiger partial charge on any atom is -0.359 e. The average Bonchev–Trinajstić information content (AvgIpc) is 2.36. The van der Waals surface area contributed by atoms with Crippen LogP contribution in [-0.4, -0.2) is 39.1 Å². The molecule has 0 atom stereocenters. The van der Waals surface area contributed by atoms with Gasteiger partial charge in [0, 0.05) is 27.2 Å². The molecule has 0 bridgehead atoms. The Morgan fingerprint density at radius 1 is 1.22 bits per heavy atom. The second-order valence-electron chi connectivity index (χ2n) is 5.02. The van der Waals surface area contributed by atoms with Crippen LogP contribution in [0.4, 0.5) is 0 Å². The van der Waals surface area contributed by atoms with Crippen molar-refractivity contribution in [1.29, 1.82) is 0 Å². The summed E-state index contributed by atoms with van der Waals surface area (Å²) in [7, 11) is 3.39. The highest BCUT2D eigenvalue weighted by molar-refractivity contribution is 5.84. The van der Waals surface area contributed by atoms with E-state index in [0.717, 1.165) is 18.9 Å². The van der Waals surface area contributed by atoms with Crippen LogP contribution in [0.15, 0.2) is 4.99 Å². The van der Waals surface area contributed by atoms with Crippen molar-refractivity contribution in [2.75, 3.05) is 27.2 Å². The van der Waals surface area contributed by atoms with Gasteiger partial charge in [0.2, 0.25) is 5.91 Å². The fourth-order valence-corrected chi connectivity index (χ4v) is 1.53. The summed E-state index contributed by atoms with van der Waals surface area (Å²) in [5, 5.41) is 9.09. The van der Waals surface area contributed by atoms with Gasteiger partial charge in [-0.15, -0.1) is 0 Å². The van der Waals surface area contributed by atoms with Crippen LogP contribution < -0.4 is 16.0 Å². The third kappa shape index (κ3) is 6.47. The first-order valence-corrected chi connectivity index (χ1v) is 6.64. The summed E-state index contributed by atoms with van der Waals surface area (Å²) >= 11 is 0. The molecule has 0 aliphatic heterocycles. The maximum atomic E-state index is 11.6. The Kier molecular flexibility index (Phi) is 8.16. The average molecular weight is 256 g/mol. The predicted octanol–water partition coefficient (Wildman–Crippen LogP) is 1.11. The van der Waals surface area contributed by atoms with E-state index in [1.54, 1.807) is 14.1 Å². The van der Waals surface area contributed by atoms with Crippen LogP contribution in [0.1, 0.15) is 40.0 Å². The second kappa shape index (κ2) is 8.78. The first-order chi connectivity index (χ1) is 8.47. The van der Waals surface area contributed by atoms with Crippen LogP contribution in [-0.2, 0) is 4.79 Å². The zero-order chi connectivity index (χ0) is 14.0. The van der Waals surface area contributed by atoms with Crippen LogP contribution in [0.5, 0.6) is 0 Å². The normalized spacial score (nSPS) is 12.2. The fourth-order valence-electron chi connectivity index (χ4n) is 1.53. The molecule has 0 spiro atoms. The Labute approximate surface area is 111 Å². The molecular formula is C13H28N4O. The molecule has 0 rings (SSSR count). The second-order valence-corrected chi connectivity index (χ2v) is 5.02. The Bertz CT molecular complexity index is 274. The molecule has 0 saturated heterocycles. The van der Waals surface area contributed by atoms with E-state index in [1.165, 1.54) is 12.8 Å². The van der Waals surface area contributed by atoms with E-state index in [9.17, 15) is 4.79 Å². The highest BCUT2D eigenvalue weighted by atomic mass is 16.2. The molecule has 106 valence electrons. The van der Waals surface area contributed by atoms with E-state index in [0.29, 0.717) is 6.54 Å². The third-order valence-electron chi connectivity index (χ3n) is 2.84. The van der Waals surface area contributed by atoms with E-state index in [1.807, 2.05) is 13.8 Å². The lowest BCUT2D eigenvalue weighted by atomic mass is 9.92. The number of guanidine groups is 1. The van der Waals surface area contributed by atoms with Gasteiger partial charge in [-0.25, -0.2) is 0 Å². The molecule has 0 aromatic carbocycles. The van der Waals surface area contributed by atoms with E-state index in [-0.39, 0.29) is 5.91 Å². The van der Waals surface area contributed by atoms with Crippen LogP contribution in [0.2, 0.25) is 0 Å². The zero-order valence-electron chi connectivity index (χ0n) is 12.4. The number of carbonyl (C=O) groups excluding carboxylic acids is 1. The molecule has 0 aromatic rings. The Morgan fingerprint density at radius 3 is 2.39 bits per heavy atom. The summed E-state index contributed by atoms with van der Waals surface area (Å²) in [4.78, 5) is 15.8. The fraction of sp³-hybridized carbons (Fsp3) is 0.846. The van der Waals surface area contributed by atoms with Crippen LogP contribution in [0.25, 0.3) is 0 Å². The molecule has 1 amide bonds. The Balaban J connectivity index is 4.04. The zero-order valence-corrected chi connectivity index (χ0v) is 12.4. The highest BCUT2D eigenvalue weighted by Gasteiger charge is 2.26. The smallest absolute Gasteiger partial charge is 0.227 e. The van der Waals surface area contributed by atoms with E-state index < -0.39 is 5.41 Å². The molecule has 0 heterocycles. The summed E-state index contributed by atoms with van der Waals surface area (Å²) in [6.45, 7) is 7.46. The van der Waals surface area contributed by atoms with Gasteiger partial charge >= 0.3 is 0 Å². The van der Waals surface area contributed by atoms with E-state index in [2.05, 4.69) is 27.9 Å². The lowest BCUT2D eigenvalue weighted by Crippen LogP contribution is -2.47. The number of unbranched alkanes of at least 4 members (excludes halogenated alkanes) is 2. The monoisotopic (exact) mass is 256 g/mol. The Hall–Kier alpha value is -1.26. The summed E-state index contributed by atoms with van der Waals surface area (Å²) in [6, 6.07) is 0. The molecule has 0 radical (unpaired) electrons. The van der Waals surface area contributed by atoms with Crippen molar-refractivity contribution < 1.29 is 4.79 Å². The van der Waals surface area contributed by atoms with Crippen LogP contribution in [0, 0.1) is 5.41 Å². The van der Waals surface area contributed by atoms with Crippen molar-refractivity contribution in [2.45, 2.75) is 40.0 Å². The number of carbonyl (C=O) groups is 1. The van der Waals surface area contributed by atoms with Gasteiger partial charge < -0.3 is 16.0 Å². The molecule has 0 aliphatic carbocycles. The lowest BCUT2D eigenvalue weighted by Gasteiger charge is -2.24. The van der Waals surface area contributed by atoms with Gasteiger partial charge in [-0.05, 0) is 20.3 Å². The summed E-state index contributed by atoms with van der Waals surface area (Å²) in [5.74, 6) is 0.777. The largest absolute Gasteiger partial charge is 0.359 e. The molecule has 3 N–H and O–H groups in total. The molecular weight excluding hydrogens is 228 g/mol. The molecule has 0 fully saturated rings. The molecule has 18 heavy (non-hydrogen) atoms. The first-order valence-electron chi connectivity index (χ1n) is 6.64. The van der Waals surface area contributed by atoms with Gasteiger partial charge in [-0.1, -0.05) is 19.8 Å². The number of hydrogen-bond donors (Lipinski definition) is 3. The van der Waals surface area contributed by atoms with Crippen molar-refractivity contribution in [3.63, 3.8) is 0 Å². The number of nitrogens with zero attached hydrogens (tertiary/aromatic N) is 1. The number of aliphatic imine (C=N–C) groups is 1. The van der Waals surface area contributed by atoms with E-state index >= 15 is 0 Å². The number of amides is 1. The van der Waals surface area contributed by atoms with Gasteiger partial charge in [0.15, 0.2) is 5.96 Å². The molecule has 0 aliphatic rings. The van der Waals surface area contributed by atoms with Gasteiger partial charge in [-0.3, -0.25) is 9.79 Å². The summed E-state index contributed by atoms with van der Waals surface area (Å²) in [5.41, 5.74) is -0.449. The maximum Gasteiger partial charge on any atom is 0.227 e. The van der Waals surface area contributed by atoms with Gasteiger partial charge in [0.25, 0.3) is 0 Å². The maximum absolute atomic E-state index is 11.6. The summed E-state index contributed by atoms with van der Waals surface area (Å²) < 4.78 is 0. The van der Waals surface area contributed by atoms with Gasteiger partial charge in [0.1, 0.15) is 0 Å². The first kappa shape index (κ1) is 16.7. The molecule has 0 aromatic heterocycles. The van der Waals surface area contributed by atoms with Gasteiger partial charge in [-0.2, -0.15) is 0 Å². The van der Waals surface area contributed by atoms with E-state index in [4.69, 9.17) is 0 Å². The van der Waals surface area contributed by atoms with Crippen molar-refractivity contribution in [3.8, 4) is 0 Å². The van der Waals surface area contributed by atoms with Crippen LogP contribution in [0.3, 0.4) is 0 Å². The minimum absolute atomic E-state index is 0.0245. The number of nitrogens with one attached hydrogen (secondary N) is 3. The van der Waals surface area contributed by atoms with Crippen molar-refractivity contribution >= 4 is 11.9 Å². The van der Waals surface area contributed by atoms with Crippen LogP contribution >= 0.6 is 0 Å². The topological polar surface area (TPSA) is 65.5 Å².